The molecule has 0 spiro atoms. The Morgan fingerprint density at radius 1 is 0.545 bits per heavy atom. The molecule has 0 saturated heterocycles. The molecule has 3 N–H and O–H groups in total. The predicted molar refractivity (Wildman–Crippen MR) is 249 cm³/mol. The molecule has 4 atom stereocenters. The zero-order valence-electron chi connectivity index (χ0n) is 39.6. The van der Waals surface area contributed by atoms with Crippen LogP contribution in [-0.2, 0) is 64.6 Å². The van der Waals surface area contributed by atoms with Crippen molar-refractivity contribution in [3.8, 4) is 28.7 Å². The largest absolute Gasteiger partial charge is 0.496 e. The Morgan fingerprint density at radius 3 is 1.50 bits per heavy atom. The lowest BCUT2D eigenvalue weighted by molar-refractivity contribution is -0.941. The van der Waals surface area contributed by atoms with Crippen LogP contribution in [-0.4, -0.2) is 125 Å². The number of carbonyl (C=O) groups is 2. The quantitative estimate of drug-likeness (QED) is 0.0372. The van der Waals surface area contributed by atoms with Crippen LogP contribution in [0, 0.1) is 0 Å². The van der Waals surface area contributed by atoms with Gasteiger partial charge in [0.05, 0.1) is 109 Å². The summed E-state index contributed by atoms with van der Waals surface area (Å²) in [5.41, 5.74) is 8.93. The minimum atomic E-state index is -0.620. The van der Waals surface area contributed by atoms with E-state index in [1.807, 2.05) is 42.5 Å². The molecule has 0 radical (unpaired) electrons. The maximum absolute atomic E-state index is 12.8. The zero-order chi connectivity index (χ0) is 47.4. The fraction of sp³-hybridized carbons (Fsp3) is 0.462. The van der Waals surface area contributed by atoms with Crippen molar-refractivity contribution in [1.29, 1.82) is 0 Å². The molecule has 4 aromatic carbocycles. The summed E-state index contributed by atoms with van der Waals surface area (Å²) in [7, 11) is 12.6. The number of hydrogen-bond acceptors (Lipinski definition) is 12. The van der Waals surface area contributed by atoms with Crippen LogP contribution in [0.15, 0.2) is 72.8 Å². The lowest BCUT2D eigenvalue weighted by atomic mass is 9.84. The number of aliphatic hydroxyl groups excluding tert-OH is 3. The number of hydrogen-bond donors (Lipinski definition) is 3. The third-order valence-electron chi connectivity index (χ3n) is 13.8. The Hall–Kier alpha value is -5.64. The Morgan fingerprint density at radius 2 is 0.985 bits per heavy atom. The topological polar surface area (TPSA) is 159 Å². The summed E-state index contributed by atoms with van der Waals surface area (Å²) < 4.78 is 40.6. The van der Waals surface area contributed by atoms with Gasteiger partial charge in [0.15, 0.2) is 23.0 Å². The summed E-state index contributed by atoms with van der Waals surface area (Å²) in [4.78, 5) is 25.6. The molecule has 6 rings (SSSR count). The first kappa shape index (κ1) is 49.8. The standard InChI is InChI=1S/C52H68N2O12/c1-53(20-16-37-28-40(33-56)41(34-57)29-42(37)44(53)24-35-10-12-39(32-55)47(26-35)61-4)18-8-22-65-51(58)14-15-52(59)66-23-9-19-54(2)21-17-38-30-49(63-6)50(64-7)31-43(38)45(54)25-36-11-13-46(60-3)48(27-36)62-5/h10-15,26-31,44-45,55-57H,8-9,16-25,32-34H2,1-7H3/q+2/b15-14+/t44-,45-,53-,54-/m1/s1. The van der Waals surface area contributed by atoms with Crippen molar-refractivity contribution in [2.75, 3.05) is 89.0 Å². The summed E-state index contributed by atoms with van der Waals surface area (Å²) in [5, 5.41) is 30.0. The third kappa shape index (κ3) is 11.5. The van der Waals surface area contributed by atoms with E-state index < -0.39 is 11.9 Å². The van der Waals surface area contributed by atoms with Crippen molar-refractivity contribution in [1.82, 2.24) is 0 Å². The van der Waals surface area contributed by atoms with Gasteiger partial charge in [-0.15, -0.1) is 0 Å². The lowest BCUT2D eigenvalue weighted by Crippen LogP contribution is -2.52. The summed E-state index contributed by atoms with van der Waals surface area (Å²) >= 11 is 0. The molecule has 14 heteroatoms. The second-order valence-corrected chi connectivity index (χ2v) is 17.7. The zero-order valence-corrected chi connectivity index (χ0v) is 39.6. The van der Waals surface area contributed by atoms with Crippen molar-refractivity contribution in [2.45, 2.75) is 70.4 Å². The van der Waals surface area contributed by atoms with Gasteiger partial charge in [-0.25, -0.2) is 9.59 Å². The van der Waals surface area contributed by atoms with E-state index in [0.717, 1.165) is 78.9 Å². The molecule has 0 aliphatic carbocycles. The minimum Gasteiger partial charge on any atom is -0.496 e. The van der Waals surface area contributed by atoms with E-state index in [0.29, 0.717) is 74.6 Å². The first-order valence-corrected chi connectivity index (χ1v) is 22.6. The number of methoxy groups -OCH3 is 5. The van der Waals surface area contributed by atoms with Crippen LogP contribution in [0.4, 0.5) is 0 Å². The van der Waals surface area contributed by atoms with Gasteiger partial charge in [0.1, 0.15) is 17.8 Å². The number of benzene rings is 4. The highest BCUT2D eigenvalue weighted by atomic mass is 16.5. The van der Waals surface area contributed by atoms with E-state index in [2.05, 4.69) is 32.3 Å². The van der Waals surface area contributed by atoms with Crippen molar-refractivity contribution >= 4 is 11.9 Å². The average Bonchev–Trinajstić information content (AvgIpc) is 3.34. The number of nitrogens with zero attached hydrogens (tertiary/aromatic N) is 2. The molecule has 2 aliphatic heterocycles. The normalized spacial score (nSPS) is 20.0. The maximum atomic E-state index is 12.8. The highest BCUT2D eigenvalue weighted by Crippen LogP contribution is 2.44. The average molecular weight is 913 g/mol. The number of likely N-dealkylation sites (N-methyl/N-ethyl adjacent to an activating group) is 2. The van der Waals surface area contributed by atoms with Gasteiger partial charge >= 0.3 is 11.9 Å². The lowest BCUT2D eigenvalue weighted by Gasteiger charge is -2.46. The van der Waals surface area contributed by atoms with Crippen LogP contribution < -0.4 is 23.7 Å². The number of carbonyl (C=O) groups excluding carboxylic acids is 2. The van der Waals surface area contributed by atoms with E-state index >= 15 is 0 Å². The SMILES string of the molecule is COc1cc(C[C@@H]2c3cc(CO)c(CO)cc3CC[N@@+]2(C)CCCOC(=O)/C=C/C(=O)OCCC[N@+]2(C)CCc3cc(OC)c(OC)cc3[C@H]2Cc2ccc(OC)c(OC)c2)ccc1CO. The molecule has 0 bridgehead atoms. The van der Waals surface area contributed by atoms with Crippen molar-refractivity contribution < 1.29 is 67.0 Å². The van der Waals surface area contributed by atoms with Crippen LogP contribution in [0.2, 0.25) is 0 Å². The number of fused-ring (bicyclic) bond motifs is 2. The molecular formula is C52H68N2O12+2. The summed E-state index contributed by atoms with van der Waals surface area (Å²) in [5.74, 6) is 2.10. The summed E-state index contributed by atoms with van der Waals surface area (Å²) in [6.07, 6.45) is 6.45. The Balaban J connectivity index is 1.04. The molecule has 0 aromatic heterocycles. The van der Waals surface area contributed by atoms with Crippen molar-refractivity contribution in [2.24, 2.45) is 0 Å². The van der Waals surface area contributed by atoms with Gasteiger partial charge in [0.25, 0.3) is 0 Å². The van der Waals surface area contributed by atoms with Gasteiger partial charge in [0, 0.05) is 67.4 Å². The highest BCUT2D eigenvalue weighted by molar-refractivity contribution is 5.91. The van der Waals surface area contributed by atoms with E-state index in [1.54, 1.807) is 35.5 Å². The molecule has 2 aliphatic rings. The van der Waals surface area contributed by atoms with Crippen molar-refractivity contribution in [3.63, 3.8) is 0 Å². The van der Waals surface area contributed by atoms with Crippen LogP contribution in [0.5, 0.6) is 28.7 Å². The molecule has 2 heterocycles. The van der Waals surface area contributed by atoms with Gasteiger partial charge in [-0.05, 0) is 69.8 Å². The fourth-order valence-corrected chi connectivity index (χ4v) is 9.91. The highest BCUT2D eigenvalue weighted by Gasteiger charge is 2.41. The number of quaternary nitrogens is 2. The fourth-order valence-electron chi connectivity index (χ4n) is 9.91. The van der Waals surface area contributed by atoms with Gasteiger partial charge in [-0.1, -0.05) is 24.3 Å². The monoisotopic (exact) mass is 912 g/mol. The second-order valence-electron chi connectivity index (χ2n) is 17.7. The smallest absolute Gasteiger partial charge is 0.331 e. The Bertz CT molecular complexity index is 2190. The van der Waals surface area contributed by atoms with Gasteiger partial charge in [-0.3, -0.25) is 0 Å². The maximum Gasteiger partial charge on any atom is 0.331 e. The molecular weight excluding hydrogens is 845 g/mol. The van der Waals surface area contributed by atoms with E-state index in [-0.39, 0.29) is 45.1 Å². The van der Waals surface area contributed by atoms with E-state index in [1.165, 1.54) is 11.1 Å². The number of aliphatic hydroxyl groups is 3. The second kappa shape index (κ2) is 22.7. The first-order chi connectivity index (χ1) is 31.9. The van der Waals surface area contributed by atoms with Crippen molar-refractivity contribution in [3.05, 3.63) is 123 Å². The number of ether oxygens (including phenoxy) is 7. The summed E-state index contributed by atoms with van der Waals surface area (Å²) in [6, 6.07) is 20.1. The van der Waals surface area contributed by atoms with Gasteiger partial charge < -0.3 is 57.4 Å². The first-order valence-electron chi connectivity index (χ1n) is 22.6. The number of esters is 2. The van der Waals surface area contributed by atoms with Gasteiger partial charge in [0.2, 0.25) is 0 Å². The van der Waals surface area contributed by atoms with Crippen LogP contribution in [0.25, 0.3) is 0 Å². The summed E-state index contributed by atoms with van der Waals surface area (Å²) in [6.45, 7) is 3.03. The van der Waals surface area contributed by atoms with E-state index in [4.69, 9.17) is 33.2 Å². The van der Waals surface area contributed by atoms with E-state index in [9.17, 15) is 24.9 Å². The number of rotatable bonds is 22. The molecule has 66 heavy (non-hydrogen) atoms. The van der Waals surface area contributed by atoms with Gasteiger partial charge in [-0.2, -0.15) is 0 Å². The third-order valence-corrected chi connectivity index (χ3v) is 13.8. The minimum absolute atomic E-state index is 0.00625. The molecule has 14 nitrogen and oxygen atoms in total. The molecule has 0 amide bonds. The van der Waals surface area contributed by atoms with Crippen LogP contribution in [0.1, 0.15) is 75.0 Å². The molecule has 0 unspecified atom stereocenters. The molecule has 0 fully saturated rings. The molecule has 356 valence electrons. The Labute approximate surface area is 389 Å². The molecule has 0 saturated carbocycles. The predicted octanol–water partition coefficient (Wildman–Crippen LogP) is 5.90. The Kier molecular flexibility index (Phi) is 17.1. The van der Waals surface area contributed by atoms with Crippen LogP contribution in [0.3, 0.4) is 0 Å². The van der Waals surface area contributed by atoms with Crippen LogP contribution >= 0.6 is 0 Å². The molecule has 4 aromatic rings.